The van der Waals surface area contributed by atoms with E-state index in [4.69, 9.17) is 28.0 Å². The monoisotopic (exact) mass is 245 g/mol. The van der Waals surface area contributed by atoms with Gasteiger partial charge in [-0.2, -0.15) is 0 Å². The van der Waals surface area contributed by atoms with Gasteiger partial charge in [-0.15, -0.1) is 0 Å². The van der Waals surface area contributed by atoms with Crippen LogP contribution in [0.4, 0.5) is 0 Å². The maximum absolute atomic E-state index is 5.88. The van der Waals surface area contributed by atoms with E-state index < -0.39 is 0 Å². The molecule has 0 amide bonds. The molecule has 14 heavy (non-hydrogen) atoms. The van der Waals surface area contributed by atoms with Crippen LogP contribution in [-0.4, -0.2) is 5.04 Å². The van der Waals surface area contributed by atoms with Crippen LogP contribution in [0.1, 0.15) is 5.56 Å². The Morgan fingerprint density at radius 3 is 2.71 bits per heavy atom. The summed E-state index contributed by atoms with van der Waals surface area (Å²) in [5.41, 5.74) is 0.897. The van der Waals surface area contributed by atoms with Crippen LogP contribution >= 0.6 is 35.0 Å². The maximum atomic E-state index is 5.88. The van der Waals surface area contributed by atoms with Crippen LogP contribution in [0.15, 0.2) is 35.0 Å². The van der Waals surface area contributed by atoms with Crippen molar-refractivity contribution in [2.45, 2.75) is 0 Å². The van der Waals surface area contributed by atoms with E-state index in [-0.39, 0.29) is 0 Å². The highest BCUT2D eigenvalue weighted by Gasteiger charge is 2.08. The lowest BCUT2D eigenvalue weighted by Gasteiger charge is -2.06. The molecule has 2 rings (SSSR count). The van der Waals surface area contributed by atoms with Crippen molar-refractivity contribution >= 4 is 40.0 Å². The minimum Gasteiger partial charge on any atom is -0.363 e. The number of rotatable bonds is 1. The van der Waals surface area contributed by atoms with Gasteiger partial charge in [0.2, 0.25) is 0 Å². The Morgan fingerprint density at radius 1 is 1.21 bits per heavy atom. The van der Waals surface area contributed by atoms with Crippen molar-refractivity contribution in [2.75, 3.05) is 0 Å². The normalized spacial score (nSPS) is 14.9. The summed E-state index contributed by atoms with van der Waals surface area (Å²) in [4.78, 5) is 4.82. The van der Waals surface area contributed by atoms with Crippen molar-refractivity contribution in [3.8, 4) is 0 Å². The summed E-state index contributed by atoms with van der Waals surface area (Å²) in [5, 5.41) is 7.49. The first-order valence-corrected chi connectivity index (χ1v) is 5.42. The molecule has 0 spiro atoms. The molecule has 0 saturated carbocycles. The highest BCUT2D eigenvalue weighted by molar-refractivity contribution is 8.16. The molecule has 1 heterocycles. The largest absolute Gasteiger partial charge is 0.363 e. The number of hydrogen-bond donors (Lipinski definition) is 0. The van der Waals surface area contributed by atoms with E-state index >= 15 is 0 Å². The lowest BCUT2D eigenvalue weighted by atomic mass is 10.2. The second-order valence-electron chi connectivity index (χ2n) is 2.52. The topological polar surface area (TPSA) is 21.6 Å². The van der Waals surface area contributed by atoms with Gasteiger partial charge >= 0.3 is 0 Å². The molecular formula is C9H5Cl2NOS. The molecule has 0 saturated heterocycles. The number of hydrogen-bond acceptors (Lipinski definition) is 3. The molecule has 5 heteroatoms. The summed E-state index contributed by atoms with van der Waals surface area (Å²) in [5.74, 6) is 0. The fourth-order valence-corrected chi connectivity index (χ4v) is 1.85. The van der Waals surface area contributed by atoms with Gasteiger partial charge in [0.1, 0.15) is 11.3 Å². The molecule has 0 bridgehead atoms. The Morgan fingerprint density at radius 2 is 2.07 bits per heavy atom. The first kappa shape index (κ1) is 9.90. The van der Waals surface area contributed by atoms with Crippen molar-refractivity contribution in [3.05, 3.63) is 45.5 Å². The van der Waals surface area contributed by atoms with Crippen molar-refractivity contribution in [3.63, 3.8) is 0 Å². The molecule has 2 nitrogen and oxygen atoms in total. The van der Waals surface area contributed by atoms with Crippen LogP contribution < -0.4 is 0 Å². The van der Waals surface area contributed by atoms with Crippen LogP contribution in [0.5, 0.6) is 0 Å². The van der Waals surface area contributed by atoms with Crippen molar-refractivity contribution in [1.29, 1.82) is 0 Å². The fourth-order valence-electron chi connectivity index (χ4n) is 0.967. The van der Waals surface area contributed by atoms with Gasteiger partial charge in [0.15, 0.2) is 0 Å². The van der Waals surface area contributed by atoms with E-state index in [9.17, 15) is 0 Å². The SMILES string of the molecule is Clc1ccc(C2=NOC=CS2)cc1Cl. The first-order valence-electron chi connectivity index (χ1n) is 3.78. The highest BCUT2D eigenvalue weighted by atomic mass is 35.5. The third-order valence-electron chi connectivity index (χ3n) is 1.60. The Labute approximate surface area is 95.5 Å². The number of halogens is 2. The molecule has 0 N–H and O–H groups in total. The summed E-state index contributed by atoms with van der Waals surface area (Å²) in [6.07, 6.45) is 1.52. The minimum atomic E-state index is 0.516. The van der Waals surface area contributed by atoms with Gasteiger partial charge in [-0.1, -0.05) is 46.2 Å². The Balaban J connectivity index is 2.33. The lowest BCUT2D eigenvalue weighted by molar-refractivity contribution is 0.269. The summed E-state index contributed by atoms with van der Waals surface area (Å²) in [6.45, 7) is 0. The van der Waals surface area contributed by atoms with Crippen LogP contribution in [0.25, 0.3) is 0 Å². The molecule has 1 aliphatic rings. The predicted molar refractivity (Wildman–Crippen MR) is 60.8 cm³/mol. The van der Waals surface area contributed by atoms with E-state index in [1.807, 2.05) is 11.5 Å². The molecule has 0 atom stereocenters. The zero-order valence-electron chi connectivity index (χ0n) is 6.91. The minimum absolute atomic E-state index is 0.516. The van der Waals surface area contributed by atoms with Crippen LogP contribution in [0.3, 0.4) is 0 Å². The first-order chi connectivity index (χ1) is 6.77. The second-order valence-corrected chi connectivity index (χ2v) is 4.23. The maximum Gasteiger partial charge on any atom is 0.148 e. The summed E-state index contributed by atoms with van der Waals surface area (Å²) < 4.78 is 0. The molecule has 72 valence electrons. The van der Waals surface area contributed by atoms with Crippen molar-refractivity contribution < 1.29 is 4.84 Å². The van der Waals surface area contributed by atoms with Gasteiger partial charge < -0.3 is 4.84 Å². The third-order valence-corrected chi connectivity index (χ3v) is 3.12. The summed E-state index contributed by atoms with van der Waals surface area (Å²) in [6, 6.07) is 5.35. The Bertz CT molecular complexity index is 417. The molecule has 0 radical (unpaired) electrons. The van der Waals surface area contributed by atoms with E-state index in [1.54, 1.807) is 12.1 Å². The Hall–Kier alpha value is -0.640. The van der Waals surface area contributed by atoms with Gasteiger partial charge in [0, 0.05) is 11.0 Å². The number of oxime groups is 1. The smallest absolute Gasteiger partial charge is 0.148 e. The number of benzene rings is 1. The molecule has 0 aromatic heterocycles. The van der Waals surface area contributed by atoms with E-state index in [2.05, 4.69) is 5.16 Å². The quantitative estimate of drug-likeness (QED) is 0.749. The van der Waals surface area contributed by atoms with Crippen LogP contribution in [0, 0.1) is 0 Å². The van der Waals surface area contributed by atoms with Gasteiger partial charge in [0.25, 0.3) is 0 Å². The average Bonchev–Trinajstić information content (AvgIpc) is 2.23. The van der Waals surface area contributed by atoms with E-state index in [0.717, 1.165) is 10.6 Å². The number of nitrogens with zero attached hydrogens (tertiary/aromatic N) is 1. The van der Waals surface area contributed by atoms with Crippen LogP contribution in [0.2, 0.25) is 10.0 Å². The lowest BCUT2D eigenvalue weighted by Crippen LogP contribution is -1.97. The highest BCUT2D eigenvalue weighted by Crippen LogP contribution is 2.26. The van der Waals surface area contributed by atoms with E-state index in [0.29, 0.717) is 10.0 Å². The van der Waals surface area contributed by atoms with E-state index in [1.165, 1.54) is 18.0 Å². The van der Waals surface area contributed by atoms with Crippen molar-refractivity contribution in [2.24, 2.45) is 5.16 Å². The van der Waals surface area contributed by atoms with Gasteiger partial charge in [-0.3, -0.25) is 0 Å². The number of thioether (sulfide) groups is 1. The Kier molecular flexibility index (Phi) is 3.01. The second kappa shape index (κ2) is 4.26. The van der Waals surface area contributed by atoms with Crippen molar-refractivity contribution in [1.82, 2.24) is 0 Å². The molecule has 1 aromatic carbocycles. The summed E-state index contributed by atoms with van der Waals surface area (Å²) in [7, 11) is 0. The molecular weight excluding hydrogens is 241 g/mol. The zero-order chi connectivity index (χ0) is 9.97. The molecule has 0 aliphatic carbocycles. The standard InChI is InChI=1S/C9H5Cl2NOS/c10-7-2-1-6(5-8(7)11)9-12-13-3-4-14-9/h1-5H. The van der Waals surface area contributed by atoms with Gasteiger partial charge in [-0.05, 0) is 12.1 Å². The zero-order valence-corrected chi connectivity index (χ0v) is 9.23. The molecule has 1 aliphatic heterocycles. The average molecular weight is 246 g/mol. The molecule has 1 aromatic rings. The molecule has 0 unspecified atom stereocenters. The predicted octanol–water partition coefficient (Wildman–Crippen LogP) is 3.89. The van der Waals surface area contributed by atoms with Crippen LogP contribution in [-0.2, 0) is 4.84 Å². The third kappa shape index (κ3) is 2.05. The van der Waals surface area contributed by atoms with Gasteiger partial charge in [0.05, 0.1) is 10.0 Å². The fraction of sp³-hybridized carbons (Fsp3) is 0. The van der Waals surface area contributed by atoms with Gasteiger partial charge in [-0.25, -0.2) is 0 Å². The summed E-state index contributed by atoms with van der Waals surface area (Å²) >= 11 is 13.1. The molecule has 0 fully saturated rings.